The molecule has 0 radical (unpaired) electrons. The van der Waals surface area contributed by atoms with Crippen LogP contribution in [0.25, 0.3) is 5.65 Å². The Kier molecular flexibility index (Phi) is 1.76. The summed E-state index contributed by atoms with van der Waals surface area (Å²) in [5.41, 5.74) is 2.87. The van der Waals surface area contributed by atoms with Crippen LogP contribution in [-0.2, 0) is 0 Å². The van der Waals surface area contributed by atoms with E-state index in [9.17, 15) is 0 Å². The average Bonchev–Trinajstić information content (AvgIpc) is 2.49. The zero-order chi connectivity index (χ0) is 9.42. The van der Waals surface area contributed by atoms with Crippen molar-refractivity contribution in [3.63, 3.8) is 0 Å². The van der Waals surface area contributed by atoms with Gasteiger partial charge in [-0.2, -0.15) is 0 Å². The van der Waals surface area contributed by atoms with Crippen LogP contribution in [0, 0.1) is 6.92 Å². The predicted octanol–water partition coefficient (Wildman–Crippen LogP) is 1.56. The molecule has 0 aliphatic rings. The Morgan fingerprint density at radius 3 is 2.85 bits per heavy atom. The van der Waals surface area contributed by atoms with Crippen LogP contribution in [0.2, 0.25) is 0 Å². The zero-order valence-corrected chi connectivity index (χ0v) is 8.02. The second-order valence-corrected chi connectivity index (χ2v) is 3.48. The van der Waals surface area contributed by atoms with Crippen LogP contribution in [-0.4, -0.2) is 19.6 Å². The van der Waals surface area contributed by atoms with Crippen molar-refractivity contribution < 1.29 is 0 Å². The Hall–Kier alpha value is -1.45. The maximum absolute atomic E-state index is 4.45. The molecule has 13 heavy (non-hydrogen) atoms. The zero-order valence-electron chi connectivity index (χ0n) is 8.02. The standard InChI is InChI=1S/C9H12N4/c1-6(2)8-9-12-10-5-13(9)4-7(3)11-8/h4-6H,1-3H3. The summed E-state index contributed by atoms with van der Waals surface area (Å²) in [5, 5.41) is 7.89. The van der Waals surface area contributed by atoms with Crippen molar-refractivity contribution in [1.29, 1.82) is 0 Å². The topological polar surface area (TPSA) is 43.1 Å². The summed E-state index contributed by atoms with van der Waals surface area (Å²) in [5.74, 6) is 0.381. The molecule has 2 aromatic rings. The van der Waals surface area contributed by atoms with E-state index in [0.29, 0.717) is 5.92 Å². The van der Waals surface area contributed by atoms with Crippen molar-refractivity contribution in [2.45, 2.75) is 26.7 Å². The van der Waals surface area contributed by atoms with Crippen LogP contribution in [0.4, 0.5) is 0 Å². The van der Waals surface area contributed by atoms with Crippen molar-refractivity contribution in [3.05, 3.63) is 23.9 Å². The lowest BCUT2D eigenvalue weighted by atomic mass is 10.1. The number of aromatic nitrogens is 4. The maximum Gasteiger partial charge on any atom is 0.182 e. The first-order valence-corrected chi connectivity index (χ1v) is 4.35. The Morgan fingerprint density at radius 2 is 2.15 bits per heavy atom. The van der Waals surface area contributed by atoms with Gasteiger partial charge in [-0.05, 0) is 12.8 Å². The molecular weight excluding hydrogens is 164 g/mol. The van der Waals surface area contributed by atoms with E-state index in [2.05, 4.69) is 29.0 Å². The largest absolute Gasteiger partial charge is 0.286 e. The fourth-order valence-corrected chi connectivity index (χ4v) is 1.38. The molecule has 0 saturated carbocycles. The van der Waals surface area contributed by atoms with E-state index in [1.54, 1.807) is 6.33 Å². The lowest BCUT2D eigenvalue weighted by molar-refractivity contribution is 0.807. The van der Waals surface area contributed by atoms with Gasteiger partial charge >= 0.3 is 0 Å². The van der Waals surface area contributed by atoms with Gasteiger partial charge < -0.3 is 0 Å². The molecule has 2 heterocycles. The quantitative estimate of drug-likeness (QED) is 0.662. The Morgan fingerprint density at radius 1 is 1.38 bits per heavy atom. The molecule has 68 valence electrons. The SMILES string of the molecule is Cc1cn2cnnc2c(C(C)C)n1. The first kappa shape index (κ1) is 8.16. The van der Waals surface area contributed by atoms with Gasteiger partial charge in [0.05, 0.1) is 11.4 Å². The molecule has 0 aliphatic carbocycles. The smallest absolute Gasteiger partial charge is 0.182 e. The lowest BCUT2D eigenvalue weighted by Crippen LogP contribution is -2.00. The van der Waals surface area contributed by atoms with E-state index in [1.165, 1.54) is 0 Å². The third-order valence-electron chi connectivity index (χ3n) is 1.97. The van der Waals surface area contributed by atoms with Crippen LogP contribution in [0.1, 0.15) is 31.2 Å². The van der Waals surface area contributed by atoms with Gasteiger partial charge in [0.15, 0.2) is 5.65 Å². The van der Waals surface area contributed by atoms with Crippen molar-refractivity contribution >= 4 is 5.65 Å². The van der Waals surface area contributed by atoms with Gasteiger partial charge in [-0.3, -0.25) is 9.38 Å². The number of nitrogens with zero attached hydrogens (tertiary/aromatic N) is 4. The molecule has 0 saturated heterocycles. The first-order valence-electron chi connectivity index (χ1n) is 4.35. The molecule has 0 amide bonds. The van der Waals surface area contributed by atoms with Gasteiger partial charge in [-0.15, -0.1) is 10.2 Å². The highest BCUT2D eigenvalue weighted by Gasteiger charge is 2.09. The summed E-state index contributed by atoms with van der Waals surface area (Å²) < 4.78 is 1.91. The molecule has 4 heteroatoms. The molecule has 0 aromatic carbocycles. The highest BCUT2D eigenvalue weighted by atomic mass is 15.2. The van der Waals surface area contributed by atoms with Crippen molar-refractivity contribution in [2.75, 3.05) is 0 Å². The molecule has 0 atom stereocenters. The van der Waals surface area contributed by atoms with E-state index in [0.717, 1.165) is 17.0 Å². The molecule has 4 nitrogen and oxygen atoms in total. The molecule has 0 spiro atoms. The fraction of sp³-hybridized carbons (Fsp3) is 0.444. The Balaban J connectivity index is 2.77. The summed E-state index contributed by atoms with van der Waals surface area (Å²) >= 11 is 0. The number of aryl methyl sites for hydroxylation is 1. The highest BCUT2D eigenvalue weighted by Crippen LogP contribution is 2.16. The first-order chi connectivity index (χ1) is 6.18. The summed E-state index contributed by atoms with van der Waals surface area (Å²) in [4.78, 5) is 4.45. The molecule has 2 rings (SSSR count). The highest BCUT2D eigenvalue weighted by molar-refractivity contribution is 5.44. The van der Waals surface area contributed by atoms with Crippen molar-refractivity contribution in [1.82, 2.24) is 19.6 Å². The fourth-order valence-electron chi connectivity index (χ4n) is 1.38. The van der Waals surface area contributed by atoms with Crippen LogP contribution < -0.4 is 0 Å². The Bertz CT molecular complexity index is 430. The summed E-state index contributed by atoms with van der Waals surface area (Å²) in [6, 6.07) is 0. The van der Waals surface area contributed by atoms with Gasteiger partial charge in [0, 0.05) is 6.20 Å². The number of rotatable bonds is 1. The van der Waals surface area contributed by atoms with Gasteiger partial charge in [0.2, 0.25) is 0 Å². The van der Waals surface area contributed by atoms with Gasteiger partial charge in [0.1, 0.15) is 6.33 Å². The molecule has 2 aromatic heterocycles. The Labute approximate surface area is 76.6 Å². The average molecular weight is 176 g/mol. The van der Waals surface area contributed by atoms with Crippen molar-refractivity contribution in [3.8, 4) is 0 Å². The molecule has 0 unspecified atom stereocenters. The summed E-state index contributed by atoms with van der Waals surface area (Å²) in [6.07, 6.45) is 3.64. The minimum atomic E-state index is 0.381. The molecule has 0 aliphatic heterocycles. The van der Waals surface area contributed by atoms with Gasteiger partial charge in [0.25, 0.3) is 0 Å². The maximum atomic E-state index is 4.45. The van der Waals surface area contributed by atoms with E-state index >= 15 is 0 Å². The van der Waals surface area contributed by atoms with Gasteiger partial charge in [-0.25, -0.2) is 0 Å². The lowest BCUT2D eigenvalue weighted by Gasteiger charge is -2.06. The number of hydrogen-bond donors (Lipinski definition) is 0. The second-order valence-electron chi connectivity index (χ2n) is 3.48. The van der Waals surface area contributed by atoms with Crippen LogP contribution in [0.5, 0.6) is 0 Å². The molecular formula is C9H12N4. The van der Waals surface area contributed by atoms with Crippen LogP contribution in [0.3, 0.4) is 0 Å². The predicted molar refractivity (Wildman–Crippen MR) is 49.6 cm³/mol. The summed E-state index contributed by atoms with van der Waals surface area (Å²) in [7, 11) is 0. The third-order valence-corrected chi connectivity index (χ3v) is 1.97. The monoisotopic (exact) mass is 176 g/mol. The minimum Gasteiger partial charge on any atom is -0.286 e. The van der Waals surface area contributed by atoms with Gasteiger partial charge in [-0.1, -0.05) is 13.8 Å². The van der Waals surface area contributed by atoms with E-state index in [1.807, 2.05) is 17.5 Å². The van der Waals surface area contributed by atoms with E-state index in [4.69, 9.17) is 0 Å². The molecule has 0 fully saturated rings. The number of hydrogen-bond acceptors (Lipinski definition) is 3. The summed E-state index contributed by atoms with van der Waals surface area (Å²) in [6.45, 7) is 6.19. The van der Waals surface area contributed by atoms with Crippen LogP contribution >= 0.6 is 0 Å². The van der Waals surface area contributed by atoms with E-state index < -0.39 is 0 Å². The number of fused-ring (bicyclic) bond motifs is 1. The van der Waals surface area contributed by atoms with Crippen molar-refractivity contribution in [2.24, 2.45) is 0 Å². The van der Waals surface area contributed by atoms with Crippen LogP contribution in [0.15, 0.2) is 12.5 Å². The second kappa shape index (κ2) is 2.80. The third kappa shape index (κ3) is 1.28. The molecule has 0 bridgehead atoms. The molecule has 0 N–H and O–H groups in total. The minimum absolute atomic E-state index is 0.381. The van der Waals surface area contributed by atoms with E-state index in [-0.39, 0.29) is 0 Å². The normalized spacial score (nSPS) is 11.4.